The highest BCUT2D eigenvalue weighted by Crippen LogP contribution is 2.32. The lowest BCUT2D eigenvalue weighted by atomic mass is 10.1. The summed E-state index contributed by atoms with van der Waals surface area (Å²) in [5, 5.41) is 10.3. The fourth-order valence-corrected chi connectivity index (χ4v) is 2.14. The number of hydrogen-bond donors (Lipinski definition) is 1. The molecule has 1 N–H and O–H groups in total. The molecule has 0 saturated heterocycles. The molecule has 0 saturated carbocycles. The lowest BCUT2D eigenvalue weighted by molar-refractivity contribution is 0.136. The number of hydrogen-bond acceptors (Lipinski definition) is 3. The molecule has 3 nitrogen and oxygen atoms in total. The molecular formula is C13H12ClF3N2O. The van der Waals surface area contributed by atoms with Gasteiger partial charge in [-0.05, 0) is 19.1 Å². The smallest absolute Gasteiger partial charge is 0.160 e. The van der Waals surface area contributed by atoms with Crippen molar-refractivity contribution in [1.82, 2.24) is 9.97 Å². The number of halogens is 4. The van der Waals surface area contributed by atoms with Crippen LogP contribution in [0.1, 0.15) is 11.5 Å². The molecule has 0 aliphatic carbocycles. The minimum atomic E-state index is -2.22. The largest absolute Gasteiger partial charge is 0.507 e. The second-order valence-corrected chi connectivity index (χ2v) is 4.81. The third-order valence-corrected chi connectivity index (χ3v) is 3.20. The molecule has 1 heterocycles. The van der Waals surface area contributed by atoms with E-state index in [-0.39, 0.29) is 27.4 Å². The maximum absolute atomic E-state index is 13.6. The van der Waals surface area contributed by atoms with Crippen LogP contribution in [-0.4, -0.2) is 34.1 Å². The van der Waals surface area contributed by atoms with Crippen LogP contribution in [0, 0.1) is 6.92 Å². The Morgan fingerprint density at radius 3 is 2.60 bits per heavy atom. The molecule has 2 unspecified atom stereocenters. The summed E-state index contributed by atoms with van der Waals surface area (Å²) in [4.78, 5) is 8.08. The molecule has 2 atom stereocenters. The van der Waals surface area contributed by atoms with Gasteiger partial charge in [-0.2, -0.15) is 0 Å². The lowest BCUT2D eigenvalue weighted by Crippen LogP contribution is -2.22. The monoisotopic (exact) mass is 304 g/mol. The van der Waals surface area contributed by atoms with Crippen molar-refractivity contribution >= 4 is 22.5 Å². The third-order valence-electron chi connectivity index (χ3n) is 2.89. The van der Waals surface area contributed by atoms with Gasteiger partial charge in [0.15, 0.2) is 6.17 Å². The average Bonchev–Trinajstić information content (AvgIpc) is 2.41. The Bertz CT molecular complexity index is 639. The molecule has 1 aromatic carbocycles. The van der Waals surface area contributed by atoms with Crippen LogP contribution in [-0.2, 0) is 6.42 Å². The van der Waals surface area contributed by atoms with E-state index in [9.17, 15) is 18.3 Å². The van der Waals surface area contributed by atoms with Crippen LogP contribution in [0.25, 0.3) is 10.9 Å². The van der Waals surface area contributed by atoms with Gasteiger partial charge in [0.2, 0.25) is 0 Å². The van der Waals surface area contributed by atoms with Crippen LogP contribution in [0.5, 0.6) is 5.75 Å². The standard InChI is InChI=1S/C13H12ClF3N2O/c1-6-18-10(4-8(16)9(17)5-15)12-11(20)3-2-7(14)13(12)19-6/h2-3,8-9,20H,4-5H2,1H3. The number of benzene rings is 1. The average molecular weight is 305 g/mol. The molecular weight excluding hydrogens is 293 g/mol. The van der Waals surface area contributed by atoms with E-state index in [0.29, 0.717) is 5.82 Å². The number of nitrogens with zero attached hydrogens (tertiary/aromatic N) is 2. The van der Waals surface area contributed by atoms with Gasteiger partial charge in [-0.3, -0.25) is 0 Å². The van der Waals surface area contributed by atoms with Crippen LogP contribution in [0.3, 0.4) is 0 Å². The van der Waals surface area contributed by atoms with Crippen LogP contribution in [0.2, 0.25) is 5.02 Å². The number of rotatable bonds is 4. The Morgan fingerprint density at radius 1 is 1.25 bits per heavy atom. The number of fused-ring (bicyclic) bond motifs is 1. The summed E-state index contributed by atoms with van der Waals surface area (Å²) in [5.74, 6) is 0.130. The van der Waals surface area contributed by atoms with Crippen LogP contribution in [0.4, 0.5) is 13.2 Å². The minimum Gasteiger partial charge on any atom is -0.507 e. The summed E-state index contributed by atoms with van der Waals surface area (Å²) in [6.45, 7) is 0.161. The first-order valence-corrected chi connectivity index (χ1v) is 6.30. The molecule has 2 aromatic rings. The number of phenolic OH excluding ortho intramolecular Hbond substituents is 1. The third kappa shape index (κ3) is 2.80. The van der Waals surface area contributed by atoms with Gasteiger partial charge in [-0.25, -0.2) is 23.1 Å². The van der Waals surface area contributed by atoms with Crippen LogP contribution >= 0.6 is 11.6 Å². The summed E-state index contributed by atoms with van der Waals surface area (Å²) in [6.07, 6.45) is -4.73. The van der Waals surface area contributed by atoms with E-state index in [1.165, 1.54) is 12.1 Å². The highest BCUT2D eigenvalue weighted by atomic mass is 35.5. The van der Waals surface area contributed by atoms with Crippen molar-refractivity contribution < 1.29 is 18.3 Å². The van der Waals surface area contributed by atoms with E-state index in [2.05, 4.69) is 9.97 Å². The molecule has 0 fully saturated rings. The molecule has 0 spiro atoms. The zero-order valence-corrected chi connectivity index (χ0v) is 11.3. The minimum absolute atomic E-state index is 0.108. The van der Waals surface area contributed by atoms with E-state index in [0.717, 1.165) is 0 Å². The van der Waals surface area contributed by atoms with E-state index >= 15 is 0 Å². The predicted octanol–water partition coefficient (Wildman–Crippen LogP) is 3.49. The van der Waals surface area contributed by atoms with Gasteiger partial charge in [0, 0.05) is 6.42 Å². The molecule has 20 heavy (non-hydrogen) atoms. The van der Waals surface area contributed by atoms with E-state index in [1.807, 2.05) is 0 Å². The first kappa shape index (κ1) is 14.8. The van der Waals surface area contributed by atoms with Gasteiger partial charge in [0.05, 0.1) is 21.6 Å². The number of phenols is 1. The van der Waals surface area contributed by atoms with Gasteiger partial charge >= 0.3 is 0 Å². The predicted molar refractivity (Wildman–Crippen MR) is 70.4 cm³/mol. The summed E-state index contributed by atoms with van der Waals surface area (Å²) in [5.41, 5.74) is 0.369. The van der Waals surface area contributed by atoms with Crippen molar-refractivity contribution in [2.75, 3.05) is 6.67 Å². The molecule has 0 aliphatic heterocycles. The Kier molecular flexibility index (Phi) is 4.32. The van der Waals surface area contributed by atoms with Crippen molar-refractivity contribution in [2.24, 2.45) is 0 Å². The summed E-state index contributed by atoms with van der Waals surface area (Å²) in [6, 6.07) is 2.77. The quantitative estimate of drug-likeness (QED) is 0.940. The molecule has 2 rings (SSSR count). The Balaban J connectivity index is 2.55. The normalized spacial score (nSPS) is 14.4. The number of alkyl halides is 3. The number of aromatic nitrogens is 2. The maximum Gasteiger partial charge on any atom is 0.160 e. The van der Waals surface area contributed by atoms with Crippen molar-refractivity contribution in [3.63, 3.8) is 0 Å². The van der Waals surface area contributed by atoms with Gasteiger partial charge in [-0.15, -0.1) is 0 Å². The number of aryl methyl sites for hydroxylation is 1. The summed E-state index contributed by atoms with van der Waals surface area (Å²) in [7, 11) is 0. The van der Waals surface area contributed by atoms with Crippen LogP contribution < -0.4 is 0 Å². The molecule has 108 valence electrons. The Labute approximate surface area is 118 Å². The Morgan fingerprint density at radius 2 is 1.95 bits per heavy atom. The zero-order chi connectivity index (χ0) is 14.9. The van der Waals surface area contributed by atoms with Crippen LogP contribution in [0.15, 0.2) is 12.1 Å². The van der Waals surface area contributed by atoms with Gasteiger partial charge in [0.25, 0.3) is 0 Å². The first-order chi connectivity index (χ1) is 9.43. The molecule has 1 aromatic heterocycles. The van der Waals surface area contributed by atoms with E-state index in [4.69, 9.17) is 11.6 Å². The first-order valence-electron chi connectivity index (χ1n) is 5.92. The van der Waals surface area contributed by atoms with Gasteiger partial charge in [0.1, 0.15) is 24.4 Å². The highest BCUT2D eigenvalue weighted by molar-refractivity contribution is 6.35. The summed E-state index contributed by atoms with van der Waals surface area (Å²) < 4.78 is 38.8. The van der Waals surface area contributed by atoms with E-state index in [1.54, 1.807) is 6.92 Å². The van der Waals surface area contributed by atoms with Gasteiger partial charge in [-0.1, -0.05) is 11.6 Å². The molecule has 0 aliphatic rings. The fourth-order valence-electron chi connectivity index (χ4n) is 1.94. The highest BCUT2D eigenvalue weighted by Gasteiger charge is 2.24. The van der Waals surface area contributed by atoms with Crippen molar-refractivity contribution in [3.8, 4) is 5.75 Å². The SMILES string of the molecule is Cc1nc(CC(F)C(F)CF)c2c(O)ccc(Cl)c2n1. The lowest BCUT2D eigenvalue weighted by Gasteiger charge is -2.13. The maximum atomic E-state index is 13.6. The Hall–Kier alpha value is -1.56. The van der Waals surface area contributed by atoms with Crippen molar-refractivity contribution in [3.05, 3.63) is 28.7 Å². The molecule has 0 amide bonds. The second kappa shape index (κ2) is 5.83. The second-order valence-electron chi connectivity index (χ2n) is 4.40. The summed E-state index contributed by atoms with van der Waals surface area (Å²) >= 11 is 5.97. The number of aromatic hydroxyl groups is 1. The zero-order valence-electron chi connectivity index (χ0n) is 10.6. The molecule has 7 heteroatoms. The topological polar surface area (TPSA) is 46.0 Å². The van der Waals surface area contributed by atoms with Crippen molar-refractivity contribution in [1.29, 1.82) is 0 Å². The fraction of sp³-hybridized carbons (Fsp3) is 0.385. The molecule has 0 bridgehead atoms. The van der Waals surface area contributed by atoms with Crippen molar-refractivity contribution in [2.45, 2.75) is 25.7 Å². The van der Waals surface area contributed by atoms with E-state index < -0.39 is 25.4 Å². The molecule has 0 radical (unpaired) electrons. The van der Waals surface area contributed by atoms with Gasteiger partial charge < -0.3 is 5.11 Å².